The largest absolute Gasteiger partial charge is 0.365 e. The van der Waals surface area contributed by atoms with Gasteiger partial charge in [-0.15, -0.1) is 0 Å². The van der Waals surface area contributed by atoms with Crippen molar-refractivity contribution in [2.45, 2.75) is 39.8 Å². The van der Waals surface area contributed by atoms with E-state index in [1.54, 1.807) is 6.20 Å². The van der Waals surface area contributed by atoms with Crippen LogP contribution in [-0.2, 0) is 19.5 Å². The van der Waals surface area contributed by atoms with Gasteiger partial charge in [0.1, 0.15) is 0 Å². The topological polar surface area (TPSA) is 103 Å². The molecule has 3 aromatic rings. The van der Waals surface area contributed by atoms with Gasteiger partial charge in [0.15, 0.2) is 0 Å². The van der Waals surface area contributed by atoms with Gasteiger partial charge in [-0.2, -0.15) is 5.10 Å². The maximum Gasteiger partial charge on any atom is 0.252 e. The summed E-state index contributed by atoms with van der Waals surface area (Å²) in [4.78, 5) is 20.4. The average molecular weight is 353 g/mol. The Balaban J connectivity index is 1.41. The van der Waals surface area contributed by atoms with Crippen molar-refractivity contribution in [2.75, 3.05) is 6.54 Å². The molecule has 8 heteroatoms. The molecule has 1 atom stereocenters. The van der Waals surface area contributed by atoms with Gasteiger partial charge in [0, 0.05) is 24.5 Å². The molecule has 0 spiro atoms. The summed E-state index contributed by atoms with van der Waals surface area (Å²) in [7, 11) is 0. The van der Waals surface area contributed by atoms with Gasteiger partial charge in [0.25, 0.3) is 5.91 Å². The zero-order valence-electron chi connectivity index (χ0n) is 15.1. The van der Waals surface area contributed by atoms with Crippen LogP contribution in [0.25, 0.3) is 5.78 Å². The van der Waals surface area contributed by atoms with E-state index in [9.17, 15) is 4.79 Å². The van der Waals surface area contributed by atoms with Gasteiger partial charge in [-0.1, -0.05) is 0 Å². The lowest BCUT2D eigenvalue weighted by molar-refractivity contribution is 0.0998. The molecule has 136 valence electrons. The lowest BCUT2D eigenvalue weighted by atomic mass is 9.94. The molecule has 3 aromatic heterocycles. The zero-order chi connectivity index (χ0) is 18.3. The Hall–Kier alpha value is -2.74. The van der Waals surface area contributed by atoms with E-state index in [1.165, 1.54) is 0 Å². The second kappa shape index (κ2) is 6.53. The Morgan fingerprint density at radius 3 is 3.04 bits per heavy atom. The van der Waals surface area contributed by atoms with Gasteiger partial charge in [0.2, 0.25) is 5.78 Å². The molecular weight excluding hydrogens is 330 g/mol. The molecule has 0 saturated heterocycles. The lowest BCUT2D eigenvalue weighted by Crippen LogP contribution is -2.30. The number of amides is 1. The summed E-state index contributed by atoms with van der Waals surface area (Å²) in [6, 6.07) is 2.06. The van der Waals surface area contributed by atoms with E-state index >= 15 is 0 Å². The van der Waals surface area contributed by atoms with Gasteiger partial charge in [-0.05, 0) is 45.2 Å². The Kier molecular flexibility index (Phi) is 4.20. The molecule has 8 nitrogen and oxygen atoms in total. The number of imidazole rings is 1. The second-order valence-corrected chi connectivity index (χ2v) is 7.01. The highest BCUT2D eigenvalue weighted by molar-refractivity contribution is 5.93. The SMILES string of the molecule is Cc1cc(C)n2c(CNC[C@@H]3CCn4ncc(C(N)=O)c4C3)cnc2n1. The number of hydrogen-bond acceptors (Lipinski definition) is 5. The van der Waals surface area contributed by atoms with Crippen LogP contribution in [-0.4, -0.2) is 36.6 Å². The van der Waals surface area contributed by atoms with Gasteiger partial charge in [-0.25, -0.2) is 9.97 Å². The molecule has 0 bridgehead atoms. The summed E-state index contributed by atoms with van der Waals surface area (Å²) in [6.07, 6.45) is 5.32. The second-order valence-electron chi connectivity index (χ2n) is 7.01. The van der Waals surface area contributed by atoms with Crippen molar-refractivity contribution >= 4 is 11.7 Å². The number of rotatable bonds is 5. The van der Waals surface area contributed by atoms with E-state index in [4.69, 9.17) is 5.73 Å². The summed E-state index contributed by atoms with van der Waals surface area (Å²) in [5.74, 6) is 0.800. The molecule has 0 fully saturated rings. The molecule has 1 aliphatic rings. The van der Waals surface area contributed by atoms with Crippen molar-refractivity contribution in [3.05, 3.63) is 46.8 Å². The first-order chi connectivity index (χ1) is 12.5. The molecule has 1 amide bonds. The molecule has 1 aliphatic heterocycles. The van der Waals surface area contributed by atoms with Crippen LogP contribution >= 0.6 is 0 Å². The van der Waals surface area contributed by atoms with Gasteiger partial charge >= 0.3 is 0 Å². The highest BCUT2D eigenvalue weighted by Crippen LogP contribution is 2.22. The summed E-state index contributed by atoms with van der Waals surface area (Å²) in [6.45, 7) is 6.47. The van der Waals surface area contributed by atoms with Crippen LogP contribution < -0.4 is 11.1 Å². The van der Waals surface area contributed by atoms with E-state index in [0.717, 1.165) is 61.0 Å². The molecule has 0 aromatic carbocycles. The quantitative estimate of drug-likeness (QED) is 0.712. The van der Waals surface area contributed by atoms with Crippen molar-refractivity contribution in [1.82, 2.24) is 29.5 Å². The molecule has 0 saturated carbocycles. The van der Waals surface area contributed by atoms with Crippen molar-refractivity contribution in [3.63, 3.8) is 0 Å². The highest BCUT2D eigenvalue weighted by atomic mass is 16.1. The maximum atomic E-state index is 11.5. The smallest absolute Gasteiger partial charge is 0.252 e. The number of nitrogens with zero attached hydrogens (tertiary/aromatic N) is 5. The fraction of sp³-hybridized carbons (Fsp3) is 0.444. The third-order valence-electron chi connectivity index (χ3n) is 5.05. The highest BCUT2D eigenvalue weighted by Gasteiger charge is 2.24. The van der Waals surface area contributed by atoms with E-state index in [-0.39, 0.29) is 0 Å². The van der Waals surface area contributed by atoms with Gasteiger partial charge in [-0.3, -0.25) is 13.9 Å². The minimum absolute atomic E-state index is 0.399. The van der Waals surface area contributed by atoms with E-state index in [1.807, 2.05) is 17.8 Å². The lowest BCUT2D eigenvalue weighted by Gasteiger charge is -2.24. The fourth-order valence-corrected chi connectivity index (χ4v) is 3.80. The monoisotopic (exact) mass is 353 g/mol. The molecule has 4 rings (SSSR count). The number of fused-ring (bicyclic) bond motifs is 2. The minimum Gasteiger partial charge on any atom is -0.365 e. The number of nitrogens with two attached hydrogens (primary N) is 1. The Morgan fingerprint density at radius 2 is 2.23 bits per heavy atom. The maximum absolute atomic E-state index is 11.5. The molecule has 26 heavy (non-hydrogen) atoms. The van der Waals surface area contributed by atoms with Crippen molar-refractivity contribution in [1.29, 1.82) is 0 Å². The predicted molar refractivity (Wildman–Crippen MR) is 96.7 cm³/mol. The van der Waals surface area contributed by atoms with Crippen LogP contribution in [0.15, 0.2) is 18.5 Å². The van der Waals surface area contributed by atoms with Crippen LogP contribution in [0.4, 0.5) is 0 Å². The van der Waals surface area contributed by atoms with E-state index < -0.39 is 5.91 Å². The van der Waals surface area contributed by atoms with Crippen LogP contribution in [0, 0.1) is 19.8 Å². The number of aryl methyl sites for hydroxylation is 3. The van der Waals surface area contributed by atoms with Crippen molar-refractivity contribution in [2.24, 2.45) is 11.7 Å². The molecule has 0 aliphatic carbocycles. The Bertz CT molecular complexity index is 971. The summed E-state index contributed by atoms with van der Waals surface area (Å²) >= 11 is 0. The number of carbonyl (C=O) groups is 1. The Labute approximate surface area is 151 Å². The normalized spacial score (nSPS) is 16.8. The molecule has 4 heterocycles. The number of primary amides is 1. The van der Waals surface area contributed by atoms with Crippen LogP contribution in [0.5, 0.6) is 0 Å². The first kappa shape index (κ1) is 16.7. The number of nitrogens with one attached hydrogen (secondary N) is 1. The van der Waals surface area contributed by atoms with E-state index in [2.05, 4.69) is 37.8 Å². The third kappa shape index (κ3) is 2.96. The van der Waals surface area contributed by atoms with Crippen LogP contribution in [0.1, 0.15) is 39.6 Å². The average Bonchev–Trinajstić information content (AvgIpc) is 3.18. The van der Waals surface area contributed by atoms with Crippen LogP contribution in [0.3, 0.4) is 0 Å². The standard InChI is InChI=1S/C18H23N7O/c1-11-5-12(2)25-14(9-21-18(25)23-11)8-20-7-13-3-4-24-16(6-13)15(10-22-24)17(19)26/h5,9-10,13,20H,3-4,6-8H2,1-2H3,(H2,19,26)/t13-/m1/s1. The Morgan fingerprint density at radius 1 is 1.38 bits per heavy atom. The van der Waals surface area contributed by atoms with Gasteiger partial charge < -0.3 is 11.1 Å². The summed E-state index contributed by atoms with van der Waals surface area (Å²) in [5.41, 5.74) is 10.2. The molecule has 3 N–H and O–H groups in total. The number of hydrogen-bond donors (Lipinski definition) is 2. The number of aromatic nitrogens is 5. The number of carbonyl (C=O) groups excluding carboxylic acids is 1. The zero-order valence-corrected chi connectivity index (χ0v) is 15.1. The summed E-state index contributed by atoms with van der Waals surface area (Å²) < 4.78 is 3.99. The van der Waals surface area contributed by atoms with E-state index in [0.29, 0.717) is 11.5 Å². The first-order valence-electron chi connectivity index (χ1n) is 8.88. The van der Waals surface area contributed by atoms with Crippen LogP contribution in [0.2, 0.25) is 0 Å². The van der Waals surface area contributed by atoms with Crippen molar-refractivity contribution < 1.29 is 4.79 Å². The molecule has 0 unspecified atom stereocenters. The minimum atomic E-state index is -0.399. The predicted octanol–water partition coefficient (Wildman–Crippen LogP) is 0.994. The molecule has 0 radical (unpaired) electrons. The van der Waals surface area contributed by atoms with Crippen molar-refractivity contribution in [3.8, 4) is 0 Å². The first-order valence-corrected chi connectivity index (χ1v) is 8.88. The summed E-state index contributed by atoms with van der Waals surface area (Å²) in [5, 5.41) is 7.79. The fourth-order valence-electron chi connectivity index (χ4n) is 3.80. The third-order valence-corrected chi connectivity index (χ3v) is 5.05. The molecular formula is C18H23N7O. The van der Waals surface area contributed by atoms with Gasteiger partial charge in [0.05, 0.1) is 29.3 Å².